The van der Waals surface area contributed by atoms with Gasteiger partial charge in [0.2, 0.25) is 0 Å². The molecule has 130 valence electrons. The Morgan fingerprint density at radius 2 is 2.08 bits per heavy atom. The van der Waals surface area contributed by atoms with Crippen molar-refractivity contribution in [2.45, 2.75) is 45.1 Å². The Bertz CT molecular complexity index is 646. The molecule has 2 amide bonds. The number of aromatic nitrogens is 1. The van der Waals surface area contributed by atoms with Crippen LogP contribution in [0.15, 0.2) is 12.3 Å². The number of pyridine rings is 1. The number of fused-ring (bicyclic) bond motifs is 1. The first-order valence-corrected chi connectivity index (χ1v) is 8.23. The van der Waals surface area contributed by atoms with Gasteiger partial charge in [0, 0.05) is 25.2 Å². The average Bonchev–Trinajstić information content (AvgIpc) is 2.52. The van der Waals surface area contributed by atoms with E-state index >= 15 is 0 Å². The van der Waals surface area contributed by atoms with Crippen molar-refractivity contribution < 1.29 is 19.1 Å². The van der Waals surface area contributed by atoms with Gasteiger partial charge in [-0.2, -0.15) is 0 Å². The van der Waals surface area contributed by atoms with E-state index in [9.17, 15) is 9.59 Å². The van der Waals surface area contributed by atoms with Crippen LogP contribution in [0.1, 0.15) is 45.2 Å². The normalized spacial score (nSPS) is 18.5. The van der Waals surface area contributed by atoms with Gasteiger partial charge in [-0.3, -0.25) is 9.78 Å². The predicted octanol–water partition coefficient (Wildman–Crippen LogP) is 2.53. The third-order valence-electron chi connectivity index (χ3n) is 4.09. The lowest BCUT2D eigenvalue weighted by Crippen LogP contribution is -2.41. The number of ether oxygens (including phenoxy) is 2. The number of anilines is 1. The number of piperidine rings is 1. The zero-order valence-electron chi connectivity index (χ0n) is 14.3. The molecule has 3 rings (SSSR count). The minimum absolute atomic E-state index is 0.0163. The molecule has 0 radical (unpaired) electrons. The molecular formula is C17H23N3O4. The number of hydrogen-bond donors (Lipinski definition) is 1. The molecule has 1 aromatic rings. The summed E-state index contributed by atoms with van der Waals surface area (Å²) >= 11 is 0. The maximum Gasteiger partial charge on any atom is 0.410 e. The number of rotatable bonds is 1. The van der Waals surface area contributed by atoms with Crippen LogP contribution in [0.3, 0.4) is 0 Å². The minimum atomic E-state index is -0.486. The van der Waals surface area contributed by atoms with Crippen LogP contribution >= 0.6 is 0 Å². The van der Waals surface area contributed by atoms with Crippen molar-refractivity contribution in [3.8, 4) is 5.75 Å². The summed E-state index contributed by atoms with van der Waals surface area (Å²) < 4.78 is 11.0. The zero-order valence-corrected chi connectivity index (χ0v) is 14.3. The second kappa shape index (κ2) is 6.30. The van der Waals surface area contributed by atoms with Crippen LogP contribution in [-0.4, -0.2) is 47.2 Å². The predicted molar refractivity (Wildman–Crippen MR) is 88.1 cm³/mol. The monoisotopic (exact) mass is 333 g/mol. The molecule has 0 spiro atoms. The van der Waals surface area contributed by atoms with Gasteiger partial charge in [0.05, 0.1) is 11.4 Å². The number of likely N-dealkylation sites (tertiary alicyclic amines) is 1. The maximum atomic E-state index is 12.1. The standard InChI is InChI=1S/C17H23N3O4/c1-17(2,3)24-16(22)20-8-5-11(6-9-20)14-15-12(4-7-18-14)19-13(21)10-23-15/h4,7,11H,5-6,8-10H2,1-3H3,(H,19,21). The van der Waals surface area contributed by atoms with Gasteiger partial charge in [-0.1, -0.05) is 0 Å². The van der Waals surface area contributed by atoms with E-state index in [2.05, 4.69) is 10.3 Å². The van der Waals surface area contributed by atoms with Crippen molar-refractivity contribution in [2.24, 2.45) is 0 Å². The number of amides is 2. The first-order valence-electron chi connectivity index (χ1n) is 8.23. The fourth-order valence-corrected chi connectivity index (χ4v) is 2.99. The molecule has 7 heteroatoms. The molecule has 1 fully saturated rings. The molecule has 1 aromatic heterocycles. The van der Waals surface area contributed by atoms with Gasteiger partial charge in [0.15, 0.2) is 12.4 Å². The van der Waals surface area contributed by atoms with E-state index in [-0.39, 0.29) is 24.5 Å². The molecule has 0 saturated carbocycles. The molecule has 0 atom stereocenters. The van der Waals surface area contributed by atoms with Crippen molar-refractivity contribution in [3.05, 3.63) is 18.0 Å². The van der Waals surface area contributed by atoms with Crippen LogP contribution in [0.4, 0.5) is 10.5 Å². The van der Waals surface area contributed by atoms with E-state index in [1.54, 1.807) is 17.2 Å². The van der Waals surface area contributed by atoms with E-state index in [4.69, 9.17) is 9.47 Å². The van der Waals surface area contributed by atoms with Crippen LogP contribution in [0.2, 0.25) is 0 Å². The van der Waals surface area contributed by atoms with Gasteiger partial charge in [0.25, 0.3) is 5.91 Å². The zero-order chi connectivity index (χ0) is 17.3. The van der Waals surface area contributed by atoms with Gasteiger partial charge in [-0.15, -0.1) is 0 Å². The van der Waals surface area contributed by atoms with E-state index in [0.717, 1.165) is 18.5 Å². The molecule has 0 aliphatic carbocycles. The van der Waals surface area contributed by atoms with Gasteiger partial charge >= 0.3 is 6.09 Å². The van der Waals surface area contributed by atoms with Crippen LogP contribution < -0.4 is 10.1 Å². The van der Waals surface area contributed by atoms with Crippen LogP contribution in [0.5, 0.6) is 5.75 Å². The topological polar surface area (TPSA) is 80.8 Å². The highest BCUT2D eigenvalue weighted by Gasteiger charge is 2.31. The summed E-state index contributed by atoms with van der Waals surface area (Å²) in [7, 11) is 0. The first kappa shape index (κ1) is 16.5. The molecule has 24 heavy (non-hydrogen) atoms. The van der Waals surface area contributed by atoms with Crippen molar-refractivity contribution >= 4 is 17.7 Å². The number of carbonyl (C=O) groups is 2. The second-order valence-electron chi connectivity index (χ2n) is 7.15. The molecule has 7 nitrogen and oxygen atoms in total. The Labute approximate surface area is 141 Å². The lowest BCUT2D eigenvalue weighted by Gasteiger charge is -2.34. The fraction of sp³-hybridized carbons (Fsp3) is 0.588. The summed E-state index contributed by atoms with van der Waals surface area (Å²) in [6.45, 7) is 6.85. The van der Waals surface area contributed by atoms with Crippen molar-refractivity contribution in [2.75, 3.05) is 25.0 Å². The largest absolute Gasteiger partial charge is 0.480 e. The third kappa shape index (κ3) is 3.60. The summed E-state index contributed by atoms with van der Waals surface area (Å²) in [5.74, 6) is 0.709. The molecule has 2 aliphatic heterocycles. The van der Waals surface area contributed by atoms with Gasteiger partial charge < -0.3 is 19.7 Å². The number of hydrogen-bond acceptors (Lipinski definition) is 5. The lowest BCUT2D eigenvalue weighted by atomic mass is 9.92. The summed E-state index contributed by atoms with van der Waals surface area (Å²) in [5.41, 5.74) is 1.04. The molecule has 2 aliphatic rings. The third-order valence-corrected chi connectivity index (χ3v) is 4.09. The Morgan fingerprint density at radius 3 is 2.75 bits per heavy atom. The highest BCUT2D eigenvalue weighted by Crippen LogP contribution is 2.38. The van der Waals surface area contributed by atoms with Gasteiger partial charge in [-0.05, 0) is 39.7 Å². The molecule has 0 bridgehead atoms. The van der Waals surface area contributed by atoms with Crippen molar-refractivity contribution in [1.29, 1.82) is 0 Å². The molecule has 0 aromatic carbocycles. The average molecular weight is 333 g/mol. The maximum absolute atomic E-state index is 12.1. The minimum Gasteiger partial charge on any atom is -0.480 e. The lowest BCUT2D eigenvalue weighted by molar-refractivity contribution is -0.118. The summed E-state index contributed by atoms with van der Waals surface area (Å²) in [6.07, 6.45) is 3.00. The SMILES string of the molecule is CC(C)(C)OC(=O)N1CCC(c2nccc3c2OCC(=O)N3)CC1. The highest BCUT2D eigenvalue weighted by molar-refractivity contribution is 5.95. The first-order chi connectivity index (χ1) is 11.3. The van der Waals surface area contributed by atoms with Crippen molar-refractivity contribution in [3.63, 3.8) is 0 Å². The van der Waals surface area contributed by atoms with Crippen LogP contribution in [-0.2, 0) is 9.53 Å². The summed E-state index contributed by atoms with van der Waals surface area (Å²) in [5, 5.41) is 2.80. The van der Waals surface area contributed by atoms with Crippen LogP contribution in [0, 0.1) is 0 Å². The van der Waals surface area contributed by atoms with Crippen molar-refractivity contribution in [1.82, 2.24) is 9.88 Å². The quantitative estimate of drug-likeness (QED) is 0.854. The Kier molecular flexibility index (Phi) is 4.34. The summed E-state index contributed by atoms with van der Waals surface area (Å²) in [6, 6.07) is 1.74. The number of nitrogens with one attached hydrogen (secondary N) is 1. The number of carbonyl (C=O) groups excluding carboxylic acids is 2. The Morgan fingerprint density at radius 1 is 1.38 bits per heavy atom. The van der Waals surface area contributed by atoms with E-state index in [0.29, 0.717) is 24.5 Å². The summed E-state index contributed by atoms with van der Waals surface area (Å²) in [4.78, 5) is 29.8. The fourth-order valence-electron chi connectivity index (χ4n) is 2.99. The highest BCUT2D eigenvalue weighted by atomic mass is 16.6. The number of nitrogens with zero attached hydrogens (tertiary/aromatic N) is 2. The molecule has 3 heterocycles. The van der Waals surface area contributed by atoms with E-state index < -0.39 is 5.60 Å². The van der Waals surface area contributed by atoms with Gasteiger partial charge in [-0.25, -0.2) is 4.79 Å². The van der Waals surface area contributed by atoms with E-state index in [1.807, 2.05) is 20.8 Å². The molecule has 1 saturated heterocycles. The Hall–Kier alpha value is -2.31. The second-order valence-corrected chi connectivity index (χ2v) is 7.15. The molecule has 0 unspecified atom stereocenters. The van der Waals surface area contributed by atoms with Gasteiger partial charge in [0.1, 0.15) is 5.60 Å². The van der Waals surface area contributed by atoms with Crippen LogP contribution in [0.25, 0.3) is 0 Å². The van der Waals surface area contributed by atoms with E-state index in [1.165, 1.54) is 0 Å². The molecule has 1 N–H and O–H groups in total. The molecular weight excluding hydrogens is 310 g/mol. The Balaban J connectivity index is 1.67. The smallest absolute Gasteiger partial charge is 0.410 e.